The number of hydrogen-bond donors (Lipinski definition) is 0. The van der Waals surface area contributed by atoms with Crippen LogP contribution in [-0.4, -0.2) is 43.2 Å². The molecule has 1 aromatic heterocycles. The molecule has 4 rings (SSSR count). The lowest BCUT2D eigenvalue weighted by molar-refractivity contribution is 0.324. The van der Waals surface area contributed by atoms with Crippen molar-refractivity contribution in [2.75, 3.05) is 28.4 Å². The molecule has 2 heterocycles. The highest BCUT2D eigenvalue weighted by Crippen LogP contribution is 2.44. The zero-order chi connectivity index (χ0) is 20.8. The van der Waals surface area contributed by atoms with Crippen molar-refractivity contribution in [2.24, 2.45) is 0 Å². The number of fused-ring (bicyclic) bond motifs is 3. The van der Waals surface area contributed by atoms with Crippen molar-refractivity contribution in [1.82, 2.24) is 14.8 Å². The van der Waals surface area contributed by atoms with Gasteiger partial charge in [0.15, 0.2) is 23.1 Å². The van der Waals surface area contributed by atoms with Gasteiger partial charge in [-0.25, -0.2) is 0 Å². The largest absolute Gasteiger partial charge is 0.497 e. The van der Waals surface area contributed by atoms with E-state index in [1.807, 2.05) is 24.3 Å². The second-order valence-electron chi connectivity index (χ2n) is 7.61. The van der Waals surface area contributed by atoms with Crippen LogP contribution in [0.5, 0.6) is 23.0 Å². The van der Waals surface area contributed by atoms with E-state index in [-0.39, 0.29) is 5.54 Å². The van der Waals surface area contributed by atoms with Crippen molar-refractivity contribution in [2.45, 2.75) is 25.8 Å². The Balaban J connectivity index is 1.93. The molecule has 0 saturated carbocycles. The summed E-state index contributed by atoms with van der Waals surface area (Å²) in [6, 6.07) is 9.88. The molecule has 0 amide bonds. The zero-order valence-corrected chi connectivity index (χ0v) is 17.6. The molecule has 0 saturated heterocycles. The minimum atomic E-state index is -0.228. The average molecular weight is 395 g/mol. The minimum Gasteiger partial charge on any atom is -0.497 e. The van der Waals surface area contributed by atoms with Gasteiger partial charge in [-0.1, -0.05) is 0 Å². The van der Waals surface area contributed by atoms with Crippen molar-refractivity contribution in [3.8, 4) is 45.8 Å². The van der Waals surface area contributed by atoms with Gasteiger partial charge in [-0.05, 0) is 56.2 Å². The third-order valence-corrected chi connectivity index (χ3v) is 5.37. The van der Waals surface area contributed by atoms with Crippen LogP contribution in [0.3, 0.4) is 0 Å². The summed E-state index contributed by atoms with van der Waals surface area (Å²) in [6.45, 7) is 4.37. The summed E-state index contributed by atoms with van der Waals surface area (Å²) in [4.78, 5) is 0. The van der Waals surface area contributed by atoms with E-state index >= 15 is 0 Å². The van der Waals surface area contributed by atoms with Crippen LogP contribution in [-0.2, 0) is 12.0 Å². The summed E-state index contributed by atoms with van der Waals surface area (Å²) in [5.41, 5.74) is 2.89. The topological polar surface area (TPSA) is 67.6 Å². The van der Waals surface area contributed by atoms with Gasteiger partial charge >= 0.3 is 0 Å². The van der Waals surface area contributed by atoms with Gasteiger partial charge in [0.2, 0.25) is 5.75 Å². The fourth-order valence-corrected chi connectivity index (χ4v) is 4.04. The smallest absolute Gasteiger partial charge is 0.203 e. The van der Waals surface area contributed by atoms with Crippen molar-refractivity contribution in [3.63, 3.8) is 0 Å². The maximum Gasteiger partial charge on any atom is 0.203 e. The van der Waals surface area contributed by atoms with Crippen LogP contribution in [0.4, 0.5) is 0 Å². The summed E-state index contributed by atoms with van der Waals surface area (Å²) >= 11 is 0. The highest BCUT2D eigenvalue weighted by Gasteiger charge is 2.35. The number of aromatic nitrogens is 3. The number of ether oxygens (including phenoxy) is 4. The number of methoxy groups -OCH3 is 4. The minimum absolute atomic E-state index is 0.228. The fourth-order valence-electron chi connectivity index (χ4n) is 4.04. The van der Waals surface area contributed by atoms with Gasteiger partial charge in [0.05, 0.1) is 28.4 Å². The van der Waals surface area contributed by atoms with E-state index in [2.05, 4.69) is 34.7 Å². The average Bonchev–Trinajstić information content (AvgIpc) is 3.18. The monoisotopic (exact) mass is 395 g/mol. The van der Waals surface area contributed by atoms with Gasteiger partial charge in [-0.3, -0.25) is 0 Å². The summed E-state index contributed by atoms with van der Waals surface area (Å²) in [5, 5.41) is 9.08. The molecule has 0 radical (unpaired) electrons. The highest BCUT2D eigenvalue weighted by molar-refractivity contribution is 5.72. The molecule has 0 fully saturated rings. The van der Waals surface area contributed by atoms with Crippen molar-refractivity contribution in [1.29, 1.82) is 0 Å². The van der Waals surface area contributed by atoms with Crippen LogP contribution in [0.2, 0.25) is 0 Å². The molecule has 2 aromatic carbocycles. The molecular formula is C22H25N3O4. The van der Waals surface area contributed by atoms with Gasteiger partial charge in [-0.2, -0.15) is 0 Å². The lowest BCUT2D eigenvalue weighted by Crippen LogP contribution is -2.33. The quantitative estimate of drug-likeness (QED) is 0.652. The van der Waals surface area contributed by atoms with Crippen LogP contribution < -0.4 is 18.9 Å². The second-order valence-corrected chi connectivity index (χ2v) is 7.61. The van der Waals surface area contributed by atoms with Crippen molar-refractivity contribution < 1.29 is 18.9 Å². The Morgan fingerprint density at radius 2 is 1.48 bits per heavy atom. The van der Waals surface area contributed by atoms with E-state index in [0.29, 0.717) is 17.2 Å². The molecule has 7 nitrogen and oxygen atoms in total. The molecule has 1 aliphatic heterocycles. The first-order chi connectivity index (χ1) is 13.9. The van der Waals surface area contributed by atoms with E-state index in [1.165, 1.54) is 5.56 Å². The predicted octanol–water partition coefficient (Wildman–Crippen LogP) is 3.94. The van der Waals surface area contributed by atoms with E-state index in [4.69, 9.17) is 18.9 Å². The van der Waals surface area contributed by atoms with Crippen LogP contribution in [0, 0.1) is 0 Å². The van der Waals surface area contributed by atoms with Gasteiger partial charge in [0.1, 0.15) is 5.75 Å². The number of rotatable bonds is 5. The standard InChI is InChI=1S/C22H25N3O4/c1-22(2)12-14-9-15(26-3)7-8-16(14)21-24-23-20(25(21)22)13-10-17(27-4)19(29-6)18(11-13)28-5/h7-11H,12H2,1-6H3. The van der Waals surface area contributed by atoms with Crippen LogP contribution >= 0.6 is 0 Å². The fraction of sp³-hybridized carbons (Fsp3) is 0.364. The lowest BCUT2D eigenvalue weighted by Gasteiger charge is -2.35. The Kier molecular flexibility index (Phi) is 4.61. The molecule has 152 valence electrons. The van der Waals surface area contributed by atoms with Gasteiger partial charge < -0.3 is 23.5 Å². The molecule has 1 aliphatic rings. The maximum atomic E-state index is 5.52. The molecule has 29 heavy (non-hydrogen) atoms. The molecule has 0 atom stereocenters. The van der Waals surface area contributed by atoms with Crippen molar-refractivity contribution >= 4 is 0 Å². The molecule has 7 heteroatoms. The normalized spacial score (nSPS) is 14.0. The molecule has 3 aromatic rings. The molecule has 0 unspecified atom stereocenters. The first-order valence-corrected chi connectivity index (χ1v) is 9.37. The third kappa shape index (κ3) is 2.97. The van der Waals surface area contributed by atoms with Crippen LogP contribution in [0.25, 0.3) is 22.8 Å². The molecule has 0 aliphatic carbocycles. The van der Waals surface area contributed by atoms with Gasteiger partial charge in [-0.15, -0.1) is 10.2 Å². The number of hydrogen-bond acceptors (Lipinski definition) is 6. The van der Waals surface area contributed by atoms with E-state index in [0.717, 1.165) is 34.9 Å². The molecule has 0 bridgehead atoms. The summed E-state index contributed by atoms with van der Waals surface area (Å²) in [5.74, 6) is 4.15. The van der Waals surface area contributed by atoms with E-state index in [9.17, 15) is 0 Å². The van der Waals surface area contributed by atoms with Crippen LogP contribution in [0.15, 0.2) is 30.3 Å². The summed E-state index contributed by atoms with van der Waals surface area (Å²) in [7, 11) is 6.48. The Morgan fingerprint density at radius 3 is 2.07 bits per heavy atom. The highest BCUT2D eigenvalue weighted by atomic mass is 16.5. The maximum absolute atomic E-state index is 5.52. The van der Waals surface area contributed by atoms with E-state index < -0.39 is 0 Å². The Bertz CT molecular complexity index is 1050. The number of benzene rings is 2. The summed E-state index contributed by atoms with van der Waals surface area (Å²) in [6.07, 6.45) is 0.835. The Labute approximate surface area is 170 Å². The SMILES string of the molecule is COc1ccc2c(c1)CC(C)(C)n1c(-c3cc(OC)c(OC)c(OC)c3)nnc1-2. The zero-order valence-electron chi connectivity index (χ0n) is 17.6. The first-order valence-electron chi connectivity index (χ1n) is 9.37. The predicted molar refractivity (Wildman–Crippen MR) is 110 cm³/mol. The summed E-state index contributed by atoms with van der Waals surface area (Å²) < 4.78 is 24.1. The molecule has 0 spiro atoms. The lowest BCUT2D eigenvalue weighted by atomic mass is 9.87. The van der Waals surface area contributed by atoms with Gasteiger partial charge in [0, 0.05) is 16.7 Å². The van der Waals surface area contributed by atoms with E-state index in [1.54, 1.807) is 28.4 Å². The number of nitrogens with zero attached hydrogens (tertiary/aromatic N) is 3. The van der Waals surface area contributed by atoms with Crippen molar-refractivity contribution in [3.05, 3.63) is 35.9 Å². The Morgan fingerprint density at radius 1 is 0.828 bits per heavy atom. The third-order valence-electron chi connectivity index (χ3n) is 5.37. The Hall–Kier alpha value is -3.22. The molecule has 0 N–H and O–H groups in total. The molecular weight excluding hydrogens is 370 g/mol. The second kappa shape index (κ2) is 6.99. The van der Waals surface area contributed by atoms with Crippen LogP contribution in [0.1, 0.15) is 19.4 Å². The van der Waals surface area contributed by atoms with Gasteiger partial charge in [0.25, 0.3) is 0 Å². The first kappa shape index (κ1) is 19.1.